The molecule has 2 amide bonds. The smallest absolute Gasteiger partial charge is 0.233 e. The maximum atomic E-state index is 12.1. The monoisotopic (exact) mass is 346 g/mol. The first-order chi connectivity index (χ1) is 11.5. The lowest BCUT2D eigenvalue weighted by Gasteiger charge is -2.12. The van der Waals surface area contributed by atoms with E-state index in [1.54, 1.807) is 36.4 Å². The Kier molecular flexibility index (Phi) is 6.21. The molecule has 0 aliphatic carbocycles. The van der Waals surface area contributed by atoms with Crippen molar-refractivity contribution < 1.29 is 14.3 Å². The van der Waals surface area contributed by atoms with Crippen LogP contribution in [0.4, 0.5) is 11.4 Å². The molecule has 2 N–H and O–H groups in total. The van der Waals surface area contributed by atoms with Crippen LogP contribution in [0.1, 0.15) is 18.9 Å². The van der Waals surface area contributed by atoms with Gasteiger partial charge in [0.25, 0.3) is 0 Å². The number of benzene rings is 2. The third-order valence-electron chi connectivity index (χ3n) is 3.26. The van der Waals surface area contributed by atoms with Crippen molar-refractivity contribution in [3.05, 3.63) is 53.1 Å². The Bertz CT molecular complexity index is 747. The molecule has 126 valence electrons. The van der Waals surface area contributed by atoms with Crippen LogP contribution in [0.15, 0.2) is 42.5 Å². The van der Waals surface area contributed by atoms with E-state index < -0.39 is 11.8 Å². The minimum absolute atomic E-state index is 0.299. The molecule has 0 spiro atoms. The minimum Gasteiger partial charge on any atom is -0.492 e. The molecule has 0 saturated heterocycles. The molecule has 24 heavy (non-hydrogen) atoms. The van der Waals surface area contributed by atoms with Crippen LogP contribution in [0, 0.1) is 6.92 Å². The Hall–Kier alpha value is -2.53. The fraction of sp³-hybridized carbons (Fsp3) is 0.222. The molecule has 0 bridgehead atoms. The Morgan fingerprint density at radius 1 is 1.04 bits per heavy atom. The third kappa shape index (κ3) is 4.99. The van der Waals surface area contributed by atoms with Crippen molar-refractivity contribution >= 4 is 34.8 Å². The van der Waals surface area contributed by atoms with Crippen LogP contribution in [0.5, 0.6) is 5.75 Å². The number of carbonyl (C=O) groups is 2. The molecular weight excluding hydrogens is 328 g/mol. The summed E-state index contributed by atoms with van der Waals surface area (Å²) in [5.41, 5.74) is 2.00. The van der Waals surface area contributed by atoms with Crippen molar-refractivity contribution in [1.29, 1.82) is 0 Å². The molecule has 0 heterocycles. The molecule has 5 nitrogen and oxygen atoms in total. The van der Waals surface area contributed by atoms with E-state index in [1.807, 2.05) is 19.9 Å². The summed E-state index contributed by atoms with van der Waals surface area (Å²) < 4.78 is 5.44. The lowest BCUT2D eigenvalue weighted by atomic mass is 10.2. The van der Waals surface area contributed by atoms with E-state index in [1.165, 1.54) is 0 Å². The molecule has 2 aromatic rings. The molecule has 0 radical (unpaired) electrons. The van der Waals surface area contributed by atoms with E-state index in [9.17, 15) is 9.59 Å². The number of para-hydroxylation sites is 2. The van der Waals surface area contributed by atoms with E-state index >= 15 is 0 Å². The molecule has 0 unspecified atom stereocenters. The Balaban J connectivity index is 1.97. The number of anilines is 2. The van der Waals surface area contributed by atoms with Gasteiger partial charge in [0.1, 0.15) is 12.2 Å². The quantitative estimate of drug-likeness (QED) is 0.776. The molecule has 6 heteroatoms. The number of amides is 2. The zero-order valence-corrected chi connectivity index (χ0v) is 14.3. The van der Waals surface area contributed by atoms with Gasteiger partial charge in [-0.1, -0.05) is 29.8 Å². The number of nitrogens with one attached hydrogen (secondary N) is 2. The van der Waals surface area contributed by atoms with Gasteiger partial charge in [0.2, 0.25) is 11.8 Å². The zero-order valence-electron chi connectivity index (χ0n) is 13.6. The summed E-state index contributed by atoms with van der Waals surface area (Å²) in [6.07, 6.45) is -0.299. The van der Waals surface area contributed by atoms with E-state index in [2.05, 4.69) is 10.6 Å². The van der Waals surface area contributed by atoms with Gasteiger partial charge < -0.3 is 15.4 Å². The van der Waals surface area contributed by atoms with Crippen molar-refractivity contribution in [2.75, 3.05) is 17.2 Å². The normalized spacial score (nSPS) is 10.1. The zero-order chi connectivity index (χ0) is 17.5. The third-order valence-corrected chi connectivity index (χ3v) is 3.49. The van der Waals surface area contributed by atoms with Crippen LogP contribution >= 0.6 is 11.6 Å². The Morgan fingerprint density at radius 2 is 1.71 bits per heavy atom. The number of hydrogen-bond acceptors (Lipinski definition) is 3. The van der Waals surface area contributed by atoms with Gasteiger partial charge in [0, 0.05) is 10.7 Å². The van der Waals surface area contributed by atoms with E-state index in [-0.39, 0.29) is 6.42 Å². The molecule has 0 aliphatic heterocycles. The summed E-state index contributed by atoms with van der Waals surface area (Å²) >= 11 is 5.92. The number of hydrogen-bond donors (Lipinski definition) is 2. The van der Waals surface area contributed by atoms with Crippen LogP contribution in [-0.4, -0.2) is 18.4 Å². The maximum Gasteiger partial charge on any atom is 0.233 e. The summed E-state index contributed by atoms with van der Waals surface area (Å²) in [5.74, 6) is -0.259. The van der Waals surface area contributed by atoms with E-state index in [4.69, 9.17) is 16.3 Å². The standard InChI is InChI=1S/C18H19ClN2O3/c1-3-24-16-7-5-4-6-14(16)20-17(22)11-18(23)21-15-10-13(19)9-8-12(15)2/h4-10H,3,11H2,1-2H3,(H,20,22)(H,21,23). The van der Waals surface area contributed by atoms with Crippen LogP contribution in [-0.2, 0) is 9.59 Å². The molecule has 0 aliphatic rings. The van der Waals surface area contributed by atoms with Crippen LogP contribution in [0.3, 0.4) is 0 Å². The first-order valence-electron chi connectivity index (χ1n) is 7.57. The largest absolute Gasteiger partial charge is 0.492 e. The van der Waals surface area contributed by atoms with Gasteiger partial charge in [-0.3, -0.25) is 9.59 Å². The molecule has 0 atom stereocenters. The first kappa shape index (κ1) is 17.8. The van der Waals surface area contributed by atoms with Gasteiger partial charge in [-0.15, -0.1) is 0 Å². The van der Waals surface area contributed by atoms with Gasteiger partial charge in [0.15, 0.2) is 0 Å². The topological polar surface area (TPSA) is 67.4 Å². The van der Waals surface area contributed by atoms with Gasteiger partial charge in [-0.25, -0.2) is 0 Å². The summed E-state index contributed by atoms with van der Waals surface area (Å²) in [6.45, 7) is 4.20. The second-order valence-corrected chi connectivity index (χ2v) is 5.60. The average Bonchev–Trinajstić information content (AvgIpc) is 2.53. The second kappa shape index (κ2) is 8.36. The average molecular weight is 347 g/mol. The number of aryl methyl sites for hydroxylation is 1. The summed E-state index contributed by atoms with van der Waals surface area (Å²) in [6, 6.07) is 12.3. The van der Waals surface area contributed by atoms with Gasteiger partial charge >= 0.3 is 0 Å². The lowest BCUT2D eigenvalue weighted by Crippen LogP contribution is -2.22. The molecule has 0 fully saturated rings. The SMILES string of the molecule is CCOc1ccccc1NC(=O)CC(=O)Nc1cc(Cl)ccc1C. The predicted molar refractivity (Wildman–Crippen MR) is 95.7 cm³/mol. The molecule has 2 aromatic carbocycles. The van der Waals surface area contributed by atoms with E-state index in [0.29, 0.717) is 28.8 Å². The molecule has 0 saturated carbocycles. The highest BCUT2D eigenvalue weighted by molar-refractivity contribution is 6.31. The summed E-state index contributed by atoms with van der Waals surface area (Å²) in [4.78, 5) is 24.1. The fourth-order valence-corrected chi connectivity index (χ4v) is 2.29. The Labute approximate surface area is 146 Å². The second-order valence-electron chi connectivity index (χ2n) is 5.16. The number of carbonyl (C=O) groups excluding carboxylic acids is 2. The number of rotatable bonds is 6. The van der Waals surface area contributed by atoms with E-state index in [0.717, 1.165) is 5.56 Å². The molecule has 2 rings (SSSR count). The highest BCUT2D eigenvalue weighted by Crippen LogP contribution is 2.24. The highest BCUT2D eigenvalue weighted by Gasteiger charge is 2.13. The minimum atomic E-state index is -0.417. The summed E-state index contributed by atoms with van der Waals surface area (Å²) in [7, 11) is 0. The Morgan fingerprint density at radius 3 is 2.42 bits per heavy atom. The van der Waals surface area contributed by atoms with Gasteiger partial charge in [-0.05, 0) is 43.7 Å². The highest BCUT2D eigenvalue weighted by atomic mass is 35.5. The molecular formula is C18H19ClN2O3. The summed E-state index contributed by atoms with van der Waals surface area (Å²) in [5, 5.41) is 5.90. The predicted octanol–water partition coefficient (Wildman–Crippen LogP) is 4.01. The van der Waals surface area contributed by atoms with Crippen LogP contribution in [0.25, 0.3) is 0 Å². The maximum absolute atomic E-state index is 12.1. The van der Waals surface area contributed by atoms with Crippen molar-refractivity contribution in [2.45, 2.75) is 20.3 Å². The van der Waals surface area contributed by atoms with Crippen molar-refractivity contribution in [3.8, 4) is 5.75 Å². The van der Waals surface area contributed by atoms with Crippen molar-refractivity contribution in [2.24, 2.45) is 0 Å². The van der Waals surface area contributed by atoms with Gasteiger partial charge in [0.05, 0.1) is 12.3 Å². The van der Waals surface area contributed by atoms with Crippen LogP contribution < -0.4 is 15.4 Å². The molecule has 0 aromatic heterocycles. The lowest BCUT2D eigenvalue weighted by molar-refractivity contribution is -0.123. The van der Waals surface area contributed by atoms with Crippen molar-refractivity contribution in [3.63, 3.8) is 0 Å². The fourth-order valence-electron chi connectivity index (χ4n) is 2.11. The van der Waals surface area contributed by atoms with Gasteiger partial charge in [-0.2, -0.15) is 0 Å². The first-order valence-corrected chi connectivity index (χ1v) is 7.95. The van der Waals surface area contributed by atoms with Crippen molar-refractivity contribution in [1.82, 2.24) is 0 Å². The number of ether oxygens (including phenoxy) is 1. The van der Waals surface area contributed by atoms with Crippen LogP contribution in [0.2, 0.25) is 5.02 Å². The number of halogens is 1.